The summed E-state index contributed by atoms with van der Waals surface area (Å²) in [5.41, 5.74) is 5.08. The number of aryl methyl sites for hydroxylation is 3. The smallest absolute Gasteiger partial charge is 0.292 e. The molecule has 0 N–H and O–H groups in total. The van der Waals surface area contributed by atoms with E-state index < -0.39 is 0 Å². The molecule has 0 saturated heterocycles. The SMILES string of the molecule is Cc1nc(C2CCC(Cn3c(=O)n(C)c4cnc(-c5ccccc5C(C)C)nc43)CC2)c(C)s1. The van der Waals surface area contributed by atoms with Crippen molar-refractivity contribution in [2.75, 3.05) is 0 Å². The molecule has 0 radical (unpaired) electrons. The molecule has 34 heavy (non-hydrogen) atoms. The first-order valence-electron chi connectivity index (χ1n) is 12.3. The van der Waals surface area contributed by atoms with Crippen LogP contribution in [0.5, 0.6) is 0 Å². The molecule has 0 bridgehead atoms. The van der Waals surface area contributed by atoms with Gasteiger partial charge in [0, 0.05) is 30.0 Å². The Balaban J connectivity index is 1.43. The molecule has 0 spiro atoms. The van der Waals surface area contributed by atoms with Crippen molar-refractivity contribution in [1.29, 1.82) is 0 Å². The van der Waals surface area contributed by atoms with Gasteiger partial charge in [-0.15, -0.1) is 11.3 Å². The lowest BCUT2D eigenvalue weighted by molar-refractivity contribution is 0.290. The summed E-state index contributed by atoms with van der Waals surface area (Å²) >= 11 is 1.80. The van der Waals surface area contributed by atoms with Crippen molar-refractivity contribution in [2.24, 2.45) is 13.0 Å². The quantitative estimate of drug-likeness (QED) is 0.357. The van der Waals surface area contributed by atoms with Gasteiger partial charge in [-0.05, 0) is 56.9 Å². The molecule has 5 rings (SSSR count). The number of rotatable bonds is 5. The summed E-state index contributed by atoms with van der Waals surface area (Å²) < 4.78 is 3.56. The van der Waals surface area contributed by atoms with Crippen molar-refractivity contribution >= 4 is 22.5 Å². The lowest BCUT2D eigenvalue weighted by atomic mass is 9.80. The second-order valence-corrected chi connectivity index (χ2v) is 11.4. The summed E-state index contributed by atoms with van der Waals surface area (Å²) in [6, 6.07) is 8.29. The van der Waals surface area contributed by atoms with Gasteiger partial charge in [-0.25, -0.2) is 19.7 Å². The zero-order valence-corrected chi connectivity index (χ0v) is 21.5. The standard InChI is InChI=1S/C27H33N5OS/c1-16(2)21-8-6-7-9-22(21)25-28-14-23-26(30-25)32(27(33)31(23)5)15-19-10-12-20(13-11-19)24-17(3)34-18(4)29-24/h6-9,14,16,19-20H,10-13,15H2,1-5H3. The lowest BCUT2D eigenvalue weighted by Crippen LogP contribution is -2.27. The van der Waals surface area contributed by atoms with Crippen LogP contribution in [-0.4, -0.2) is 24.1 Å². The average molecular weight is 476 g/mol. The number of nitrogens with zero attached hydrogens (tertiary/aromatic N) is 5. The van der Waals surface area contributed by atoms with Crippen LogP contribution >= 0.6 is 11.3 Å². The van der Waals surface area contributed by atoms with E-state index in [1.54, 1.807) is 22.1 Å². The van der Waals surface area contributed by atoms with Gasteiger partial charge in [-0.2, -0.15) is 0 Å². The van der Waals surface area contributed by atoms with Gasteiger partial charge in [-0.1, -0.05) is 38.1 Å². The second-order valence-electron chi connectivity index (χ2n) is 9.99. The molecule has 1 saturated carbocycles. The van der Waals surface area contributed by atoms with Crippen LogP contribution in [0.4, 0.5) is 0 Å². The maximum Gasteiger partial charge on any atom is 0.330 e. The van der Waals surface area contributed by atoms with E-state index in [9.17, 15) is 4.79 Å². The Labute approximate surface area is 204 Å². The predicted octanol–water partition coefficient (Wildman–Crippen LogP) is 5.97. The van der Waals surface area contributed by atoms with E-state index in [1.165, 1.54) is 16.1 Å². The van der Waals surface area contributed by atoms with Gasteiger partial charge in [0.15, 0.2) is 11.5 Å². The van der Waals surface area contributed by atoms with Crippen molar-refractivity contribution in [3.05, 3.63) is 62.1 Å². The fraction of sp³-hybridized carbons (Fsp3) is 0.481. The van der Waals surface area contributed by atoms with Crippen LogP contribution in [0.2, 0.25) is 0 Å². The number of benzene rings is 1. The molecule has 1 aliphatic rings. The minimum absolute atomic E-state index is 0.00770. The Morgan fingerprint density at radius 2 is 1.82 bits per heavy atom. The topological polar surface area (TPSA) is 65.6 Å². The Morgan fingerprint density at radius 1 is 1.09 bits per heavy atom. The van der Waals surface area contributed by atoms with Crippen LogP contribution in [-0.2, 0) is 13.6 Å². The van der Waals surface area contributed by atoms with Crippen molar-refractivity contribution in [3.8, 4) is 11.4 Å². The molecule has 1 aromatic carbocycles. The first-order valence-corrected chi connectivity index (χ1v) is 13.1. The Morgan fingerprint density at radius 3 is 2.50 bits per heavy atom. The highest BCUT2D eigenvalue weighted by molar-refractivity contribution is 7.11. The van der Waals surface area contributed by atoms with E-state index in [0.717, 1.165) is 47.4 Å². The third-order valence-corrected chi connectivity index (χ3v) is 8.22. The monoisotopic (exact) mass is 475 g/mol. The first-order chi connectivity index (χ1) is 16.3. The fourth-order valence-electron chi connectivity index (χ4n) is 5.48. The van der Waals surface area contributed by atoms with E-state index >= 15 is 0 Å². The maximum absolute atomic E-state index is 13.2. The number of aromatic nitrogens is 5. The van der Waals surface area contributed by atoms with Gasteiger partial charge in [0.25, 0.3) is 0 Å². The van der Waals surface area contributed by atoms with E-state index in [2.05, 4.69) is 50.9 Å². The van der Waals surface area contributed by atoms with E-state index in [1.807, 2.05) is 17.7 Å². The Bertz CT molecular complexity index is 1390. The van der Waals surface area contributed by atoms with Crippen molar-refractivity contribution in [1.82, 2.24) is 24.1 Å². The van der Waals surface area contributed by atoms with Crippen LogP contribution in [0.3, 0.4) is 0 Å². The molecule has 0 atom stereocenters. The highest BCUT2D eigenvalue weighted by atomic mass is 32.1. The minimum Gasteiger partial charge on any atom is -0.292 e. The van der Waals surface area contributed by atoms with Gasteiger partial charge in [-0.3, -0.25) is 9.13 Å². The van der Waals surface area contributed by atoms with Crippen LogP contribution < -0.4 is 5.69 Å². The van der Waals surface area contributed by atoms with Crippen molar-refractivity contribution in [2.45, 2.75) is 71.8 Å². The van der Waals surface area contributed by atoms with E-state index in [4.69, 9.17) is 9.97 Å². The molecule has 1 fully saturated rings. The lowest BCUT2D eigenvalue weighted by Gasteiger charge is -2.28. The van der Waals surface area contributed by atoms with Crippen LogP contribution in [0.25, 0.3) is 22.6 Å². The van der Waals surface area contributed by atoms with Crippen LogP contribution in [0, 0.1) is 19.8 Å². The number of thiazole rings is 1. The van der Waals surface area contributed by atoms with Crippen molar-refractivity contribution in [3.63, 3.8) is 0 Å². The summed E-state index contributed by atoms with van der Waals surface area (Å²) in [6.07, 6.45) is 6.29. The second kappa shape index (κ2) is 9.10. The zero-order chi connectivity index (χ0) is 24.0. The molecule has 0 unspecified atom stereocenters. The third-order valence-electron chi connectivity index (χ3n) is 7.32. The third kappa shape index (κ3) is 4.11. The van der Waals surface area contributed by atoms with Gasteiger partial charge in [0.05, 0.1) is 16.9 Å². The number of hydrogen-bond donors (Lipinski definition) is 0. The normalized spacial score (nSPS) is 18.8. The molecule has 7 heteroatoms. The molecule has 3 aromatic heterocycles. The summed E-state index contributed by atoms with van der Waals surface area (Å²) in [6.45, 7) is 9.35. The first kappa shape index (κ1) is 23.0. The molecule has 0 amide bonds. The summed E-state index contributed by atoms with van der Waals surface area (Å²) in [4.78, 5) is 28.9. The predicted molar refractivity (Wildman–Crippen MR) is 139 cm³/mol. The van der Waals surface area contributed by atoms with Crippen LogP contribution in [0.1, 0.15) is 72.5 Å². The van der Waals surface area contributed by atoms with E-state index in [0.29, 0.717) is 30.1 Å². The van der Waals surface area contributed by atoms with Crippen molar-refractivity contribution < 1.29 is 0 Å². The summed E-state index contributed by atoms with van der Waals surface area (Å²) in [5.74, 6) is 2.08. The number of hydrogen-bond acceptors (Lipinski definition) is 5. The summed E-state index contributed by atoms with van der Waals surface area (Å²) in [7, 11) is 1.82. The zero-order valence-electron chi connectivity index (χ0n) is 20.7. The molecule has 4 aromatic rings. The Kier molecular flexibility index (Phi) is 6.15. The molecule has 3 heterocycles. The van der Waals surface area contributed by atoms with Crippen LogP contribution in [0.15, 0.2) is 35.3 Å². The molecule has 178 valence electrons. The largest absolute Gasteiger partial charge is 0.330 e. The number of fused-ring (bicyclic) bond motifs is 1. The van der Waals surface area contributed by atoms with Gasteiger partial charge in [0.2, 0.25) is 0 Å². The highest BCUT2D eigenvalue weighted by Gasteiger charge is 2.27. The fourth-order valence-corrected chi connectivity index (χ4v) is 6.38. The van der Waals surface area contributed by atoms with Gasteiger partial charge >= 0.3 is 5.69 Å². The van der Waals surface area contributed by atoms with Gasteiger partial charge < -0.3 is 0 Å². The highest BCUT2D eigenvalue weighted by Crippen LogP contribution is 2.38. The maximum atomic E-state index is 13.2. The average Bonchev–Trinajstić information content (AvgIpc) is 3.30. The molecular formula is C27H33N5OS. The number of imidazole rings is 1. The molecule has 6 nitrogen and oxygen atoms in total. The minimum atomic E-state index is -0.00770. The Hall–Kier alpha value is -2.80. The van der Waals surface area contributed by atoms with E-state index in [-0.39, 0.29) is 5.69 Å². The summed E-state index contributed by atoms with van der Waals surface area (Å²) in [5, 5.41) is 1.16. The molecule has 0 aliphatic heterocycles. The molecule has 1 aliphatic carbocycles. The molecular weight excluding hydrogens is 442 g/mol. The van der Waals surface area contributed by atoms with Gasteiger partial charge in [0.1, 0.15) is 5.52 Å².